The van der Waals surface area contributed by atoms with E-state index in [1.165, 1.54) is 0 Å². The van der Waals surface area contributed by atoms with Gasteiger partial charge in [0.25, 0.3) is 0 Å². The molecule has 0 fully saturated rings. The average molecular weight is 375 g/mol. The minimum Gasteiger partial charge on any atom is -0.465 e. The van der Waals surface area contributed by atoms with Crippen molar-refractivity contribution >= 4 is 51.5 Å². The SMILES string of the molecule is CC(C)CC(=O)N[C@H](Oc1cccc2ccccc12)C(Cl)(Cl)Cl. The quantitative estimate of drug-likeness (QED) is 0.585. The van der Waals surface area contributed by atoms with Crippen LogP contribution in [-0.2, 0) is 4.79 Å². The van der Waals surface area contributed by atoms with E-state index < -0.39 is 10.0 Å². The van der Waals surface area contributed by atoms with Gasteiger partial charge in [-0.15, -0.1) is 0 Å². The topological polar surface area (TPSA) is 38.3 Å². The largest absolute Gasteiger partial charge is 0.465 e. The number of rotatable bonds is 5. The number of fused-ring (bicyclic) bond motifs is 1. The van der Waals surface area contributed by atoms with Gasteiger partial charge in [-0.25, -0.2) is 0 Å². The van der Waals surface area contributed by atoms with Crippen molar-refractivity contribution in [2.75, 3.05) is 0 Å². The predicted octanol–water partition coefficient (Wildman–Crippen LogP) is 5.08. The highest BCUT2D eigenvalue weighted by molar-refractivity contribution is 6.68. The summed E-state index contributed by atoms with van der Waals surface area (Å²) < 4.78 is 4.03. The molecule has 124 valence electrons. The highest BCUT2D eigenvalue weighted by Gasteiger charge is 2.36. The van der Waals surface area contributed by atoms with E-state index >= 15 is 0 Å². The number of nitrogens with one attached hydrogen (secondary N) is 1. The molecule has 0 aromatic heterocycles. The minimum atomic E-state index is -1.79. The summed E-state index contributed by atoms with van der Waals surface area (Å²) in [7, 11) is 0. The molecule has 2 rings (SSSR count). The van der Waals surface area contributed by atoms with Crippen LogP contribution < -0.4 is 10.1 Å². The number of amides is 1. The molecule has 0 spiro atoms. The second kappa shape index (κ2) is 7.61. The lowest BCUT2D eigenvalue weighted by atomic mass is 10.1. The number of benzene rings is 2. The van der Waals surface area contributed by atoms with Crippen LogP contribution in [0.3, 0.4) is 0 Å². The lowest BCUT2D eigenvalue weighted by Crippen LogP contribution is -2.48. The molecule has 1 atom stereocenters. The molecule has 0 heterocycles. The van der Waals surface area contributed by atoms with E-state index in [-0.39, 0.29) is 11.8 Å². The van der Waals surface area contributed by atoms with Crippen molar-refractivity contribution in [2.45, 2.75) is 30.3 Å². The van der Waals surface area contributed by atoms with Crippen LogP contribution in [0.2, 0.25) is 0 Å². The van der Waals surface area contributed by atoms with E-state index in [9.17, 15) is 4.79 Å². The fraction of sp³-hybridized carbons (Fsp3) is 0.353. The first-order chi connectivity index (χ1) is 10.8. The first-order valence-corrected chi connectivity index (χ1v) is 8.41. The van der Waals surface area contributed by atoms with Crippen molar-refractivity contribution in [3.63, 3.8) is 0 Å². The fourth-order valence-corrected chi connectivity index (χ4v) is 2.48. The van der Waals surface area contributed by atoms with Gasteiger partial charge in [-0.2, -0.15) is 0 Å². The van der Waals surface area contributed by atoms with Gasteiger partial charge in [-0.1, -0.05) is 85.0 Å². The van der Waals surface area contributed by atoms with Gasteiger partial charge in [0.05, 0.1) is 0 Å². The zero-order chi connectivity index (χ0) is 17.0. The second-order valence-corrected chi connectivity index (χ2v) is 8.05. The van der Waals surface area contributed by atoms with Crippen molar-refractivity contribution in [1.29, 1.82) is 0 Å². The number of hydrogen-bond acceptors (Lipinski definition) is 2. The number of hydrogen-bond donors (Lipinski definition) is 1. The monoisotopic (exact) mass is 373 g/mol. The summed E-state index contributed by atoms with van der Waals surface area (Å²) in [5.41, 5.74) is 0. The van der Waals surface area contributed by atoms with Gasteiger partial charge in [-0.3, -0.25) is 4.79 Å². The molecular formula is C17H18Cl3NO2. The smallest absolute Gasteiger partial charge is 0.246 e. The van der Waals surface area contributed by atoms with Crippen LogP contribution in [0.4, 0.5) is 0 Å². The van der Waals surface area contributed by atoms with Crippen molar-refractivity contribution < 1.29 is 9.53 Å². The van der Waals surface area contributed by atoms with E-state index in [0.29, 0.717) is 12.2 Å². The summed E-state index contributed by atoms with van der Waals surface area (Å²) in [6.45, 7) is 3.88. The summed E-state index contributed by atoms with van der Waals surface area (Å²) in [5, 5.41) is 4.53. The third-order valence-electron chi connectivity index (χ3n) is 3.18. The average Bonchev–Trinajstić information content (AvgIpc) is 2.45. The summed E-state index contributed by atoms with van der Waals surface area (Å²) >= 11 is 17.9. The summed E-state index contributed by atoms with van der Waals surface area (Å²) in [6, 6.07) is 13.3. The number of ether oxygens (including phenoxy) is 1. The molecule has 3 nitrogen and oxygen atoms in total. The molecule has 0 aliphatic heterocycles. The normalized spacial score (nSPS) is 13.1. The Morgan fingerprint density at radius 3 is 2.43 bits per heavy atom. The first kappa shape index (κ1) is 18.2. The lowest BCUT2D eigenvalue weighted by Gasteiger charge is -2.27. The predicted molar refractivity (Wildman–Crippen MR) is 96.3 cm³/mol. The van der Waals surface area contributed by atoms with Gasteiger partial charge in [-0.05, 0) is 17.4 Å². The minimum absolute atomic E-state index is 0.198. The number of halogens is 3. The second-order valence-electron chi connectivity index (χ2n) is 5.68. The molecule has 0 bridgehead atoms. The zero-order valence-electron chi connectivity index (χ0n) is 12.9. The van der Waals surface area contributed by atoms with Gasteiger partial charge in [0, 0.05) is 11.8 Å². The van der Waals surface area contributed by atoms with E-state index in [2.05, 4.69) is 5.32 Å². The van der Waals surface area contributed by atoms with Crippen LogP contribution in [-0.4, -0.2) is 15.9 Å². The molecule has 6 heteroatoms. The number of carbonyl (C=O) groups is 1. The standard InChI is InChI=1S/C17H18Cl3NO2/c1-11(2)10-15(22)21-16(17(18,19)20)23-14-9-5-7-12-6-3-4-8-13(12)14/h3-9,11,16H,10H2,1-2H3,(H,21,22)/t16-/m1/s1. The van der Waals surface area contributed by atoms with E-state index in [1.807, 2.05) is 50.2 Å². The highest BCUT2D eigenvalue weighted by atomic mass is 35.6. The van der Waals surface area contributed by atoms with Crippen molar-refractivity contribution in [3.8, 4) is 5.75 Å². The third-order valence-corrected chi connectivity index (χ3v) is 3.77. The molecule has 23 heavy (non-hydrogen) atoms. The van der Waals surface area contributed by atoms with Crippen LogP contribution in [0.15, 0.2) is 42.5 Å². The van der Waals surface area contributed by atoms with E-state index in [4.69, 9.17) is 39.5 Å². The van der Waals surface area contributed by atoms with E-state index in [1.54, 1.807) is 6.07 Å². The van der Waals surface area contributed by atoms with Crippen LogP contribution >= 0.6 is 34.8 Å². The number of alkyl halides is 3. The van der Waals surface area contributed by atoms with Gasteiger partial charge < -0.3 is 10.1 Å². The first-order valence-electron chi connectivity index (χ1n) is 7.28. The molecule has 0 saturated heterocycles. The third kappa shape index (κ3) is 5.17. The van der Waals surface area contributed by atoms with E-state index in [0.717, 1.165) is 10.8 Å². The molecule has 2 aromatic carbocycles. The van der Waals surface area contributed by atoms with Crippen molar-refractivity contribution in [3.05, 3.63) is 42.5 Å². The summed E-state index contributed by atoms with van der Waals surface area (Å²) in [5.74, 6) is 0.518. The molecule has 0 unspecified atom stereocenters. The molecule has 0 aliphatic carbocycles. The van der Waals surface area contributed by atoms with Crippen molar-refractivity contribution in [2.24, 2.45) is 5.92 Å². The van der Waals surface area contributed by atoms with Crippen molar-refractivity contribution in [1.82, 2.24) is 5.32 Å². The Labute approximate surface area is 150 Å². The Hall–Kier alpha value is -1.16. The lowest BCUT2D eigenvalue weighted by molar-refractivity contribution is -0.124. The number of carbonyl (C=O) groups excluding carboxylic acids is 1. The molecule has 0 saturated carbocycles. The van der Waals surface area contributed by atoms with Gasteiger partial charge in [0.15, 0.2) is 0 Å². The maximum atomic E-state index is 12.0. The maximum absolute atomic E-state index is 12.0. The summed E-state index contributed by atoms with van der Waals surface area (Å²) in [4.78, 5) is 12.0. The van der Waals surface area contributed by atoms with Crippen LogP contribution in [0.5, 0.6) is 5.75 Å². The Bertz CT molecular complexity index is 678. The van der Waals surface area contributed by atoms with Gasteiger partial charge in [0.2, 0.25) is 15.9 Å². The Morgan fingerprint density at radius 2 is 1.78 bits per heavy atom. The Balaban J connectivity index is 2.25. The Kier molecular flexibility index (Phi) is 6.01. The van der Waals surface area contributed by atoms with Gasteiger partial charge in [0.1, 0.15) is 5.75 Å². The molecule has 1 amide bonds. The fourth-order valence-electron chi connectivity index (χ4n) is 2.18. The zero-order valence-corrected chi connectivity index (χ0v) is 15.1. The van der Waals surface area contributed by atoms with Crippen LogP contribution in [0.25, 0.3) is 10.8 Å². The van der Waals surface area contributed by atoms with Gasteiger partial charge >= 0.3 is 0 Å². The molecule has 2 aromatic rings. The van der Waals surface area contributed by atoms with Crippen LogP contribution in [0.1, 0.15) is 20.3 Å². The highest BCUT2D eigenvalue weighted by Crippen LogP contribution is 2.34. The van der Waals surface area contributed by atoms with Crippen LogP contribution in [0, 0.1) is 5.92 Å². The molecular weight excluding hydrogens is 357 g/mol. The maximum Gasteiger partial charge on any atom is 0.246 e. The molecule has 1 N–H and O–H groups in total. The molecule has 0 aliphatic rings. The Morgan fingerprint density at radius 1 is 1.13 bits per heavy atom. The molecule has 0 radical (unpaired) electrons. The summed E-state index contributed by atoms with van der Waals surface area (Å²) in [6.07, 6.45) is -0.750.